The maximum Gasteiger partial charge on any atom is 0.270 e. The average Bonchev–Trinajstić information content (AvgIpc) is 2.18. The van der Waals surface area contributed by atoms with Crippen molar-refractivity contribution in [2.24, 2.45) is 0 Å². The Morgan fingerprint density at radius 1 is 1.60 bits per heavy atom. The Bertz CT molecular complexity index is 420. The van der Waals surface area contributed by atoms with Crippen LogP contribution in [0.3, 0.4) is 0 Å². The SMILES string of the molecule is CC1CCc2cc([N+](=O)[O-])cc(Br)c2N1. The molecule has 0 saturated carbocycles. The molecule has 0 aliphatic carbocycles. The Labute approximate surface area is 96.0 Å². The number of rotatable bonds is 1. The fraction of sp³-hybridized carbons (Fsp3) is 0.400. The number of nitro groups is 1. The first-order valence-electron chi connectivity index (χ1n) is 4.81. The summed E-state index contributed by atoms with van der Waals surface area (Å²) in [5, 5.41) is 14.0. The van der Waals surface area contributed by atoms with Gasteiger partial charge in [0.1, 0.15) is 0 Å². The first-order chi connectivity index (χ1) is 7.08. The van der Waals surface area contributed by atoms with Crippen LogP contribution in [0.1, 0.15) is 18.9 Å². The van der Waals surface area contributed by atoms with E-state index in [1.54, 1.807) is 12.1 Å². The van der Waals surface area contributed by atoms with Crippen LogP contribution < -0.4 is 5.32 Å². The van der Waals surface area contributed by atoms with Crippen LogP contribution in [0.5, 0.6) is 0 Å². The minimum atomic E-state index is -0.358. The van der Waals surface area contributed by atoms with Crippen molar-refractivity contribution in [3.8, 4) is 0 Å². The molecule has 1 N–H and O–H groups in total. The highest BCUT2D eigenvalue weighted by molar-refractivity contribution is 9.10. The molecule has 0 saturated heterocycles. The number of nitrogens with zero attached hydrogens (tertiary/aromatic N) is 1. The number of fused-ring (bicyclic) bond motifs is 1. The summed E-state index contributed by atoms with van der Waals surface area (Å²) in [5.41, 5.74) is 2.17. The largest absolute Gasteiger partial charge is 0.381 e. The van der Waals surface area contributed by atoms with Crippen LogP contribution in [0.25, 0.3) is 0 Å². The Kier molecular flexibility index (Phi) is 2.65. The van der Waals surface area contributed by atoms with Gasteiger partial charge < -0.3 is 5.32 Å². The quantitative estimate of drug-likeness (QED) is 0.630. The van der Waals surface area contributed by atoms with Gasteiger partial charge in [-0.2, -0.15) is 0 Å². The summed E-state index contributed by atoms with van der Waals surface area (Å²) in [6, 6.07) is 3.62. The van der Waals surface area contributed by atoms with Gasteiger partial charge >= 0.3 is 0 Å². The normalized spacial score (nSPS) is 19.2. The number of non-ortho nitro benzene ring substituents is 1. The summed E-state index contributed by atoms with van der Waals surface area (Å²) < 4.78 is 0.776. The molecule has 0 radical (unpaired) electrons. The van der Waals surface area contributed by atoms with Gasteiger partial charge in [0.15, 0.2) is 0 Å². The molecule has 0 bridgehead atoms. The van der Waals surface area contributed by atoms with Crippen molar-refractivity contribution in [3.05, 3.63) is 32.3 Å². The summed E-state index contributed by atoms with van der Waals surface area (Å²) >= 11 is 3.36. The number of hydrogen-bond acceptors (Lipinski definition) is 3. The van der Waals surface area contributed by atoms with Crippen LogP contribution in [0.2, 0.25) is 0 Å². The lowest BCUT2D eigenvalue weighted by Gasteiger charge is -2.24. The van der Waals surface area contributed by atoms with E-state index in [-0.39, 0.29) is 10.6 Å². The van der Waals surface area contributed by atoms with E-state index in [2.05, 4.69) is 28.2 Å². The second-order valence-corrected chi connectivity index (χ2v) is 4.66. The lowest BCUT2D eigenvalue weighted by molar-refractivity contribution is -0.385. The molecule has 1 atom stereocenters. The van der Waals surface area contributed by atoms with E-state index >= 15 is 0 Å². The molecule has 0 fully saturated rings. The number of halogens is 1. The number of nitro benzene ring substituents is 1. The highest BCUT2D eigenvalue weighted by Gasteiger charge is 2.20. The second kappa shape index (κ2) is 3.81. The molecule has 1 aliphatic rings. The third kappa shape index (κ3) is 1.97. The number of hydrogen-bond donors (Lipinski definition) is 1. The number of benzene rings is 1. The lowest BCUT2D eigenvalue weighted by Crippen LogP contribution is -2.22. The smallest absolute Gasteiger partial charge is 0.270 e. The summed E-state index contributed by atoms with van der Waals surface area (Å²) in [6.07, 6.45) is 1.91. The average molecular weight is 271 g/mol. The van der Waals surface area contributed by atoms with Crippen LogP contribution in [-0.2, 0) is 6.42 Å². The van der Waals surface area contributed by atoms with Crippen LogP contribution in [0, 0.1) is 10.1 Å². The van der Waals surface area contributed by atoms with Gasteiger partial charge in [-0.3, -0.25) is 10.1 Å². The molecule has 1 aromatic carbocycles. The third-order valence-electron chi connectivity index (χ3n) is 2.60. The molecule has 0 spiro atoms. The van der Waals surface area contributed by atoms with Crippen LogP contribution in [0.4, 0.5) is 11.4 Å². The topological polar surface area (TPSA) is 55.2 Å². The maximum atomic E-state index is 10.7. The standard InChI is InChI=1S/C10H11BrN2O2/c1-6-2-3-7-4-8(13(14)15)5-9(11)10(7)12-6/h4-6,12H,2-3H2,1H3. The van der Waals surface area contributed by atoms with E-state index in [4.69, 9.17) is 0 Å². The minimum absolute atomic E-state index is 0.150. The van der Waals surface area contributed by atoms with Gasteiger partial charge in [-0.05, 0) is 41.3 Å². The molecule has 2 rings (SSSR count). The van der Waals surface area contributed by atoms with Crippen LogP contribution in [0.15, 0.2) is 16.6 Å². The molecule has 80 valence electrons. The zero-order valence-corrected chi connectivity index (χ0v) is 9.87. The van der Waals surface area contributed by atoms with Gasteiger partial charge in [0.05, 0.1) is 10.6 Å². The van der Waals surface area contributed by atoms with Crippen molar-refractivity contribution in [1.82, 2.24) is 0 Å². The maximum absolute atomic E-state index is 10.7. The lowest BCUT2D eigenvalue weighted by atomic mass is 9.98. The molecule has 0 amide bonds. The molecule has 1 aliphatic heterocycles. The fourth-order valence-corrected chi connectivity index (χ4v) is 2.41. The molecule has 1 aromatic rings. The van der Waals surface area contributed by atoms with Crippen molar-refractivity contribution >= 4 is 27.3 Å². The highest BCUT2D eigenvalue weighted by Crippen LogP contribution is 2.35. The van der Waals surface area contributed by atoms with E-state index in [0.717, 1.165) is 28.6 Å². The van der Waals surface area contributed by atoms with Gasteiger partial charge in [-0.15, -0.1) is 0 Å². The predicted molar refractivity (Wildman–Crippen MR) is 62.2 cm³/mol. The number of nitrogens with one attached hydrogen (secondary N) is 1. The Morgan fingerprint density at radius 3 is 3.00 bits per heavy atom. The Hall–Kier alpha value is -1.10. The van der Waals surface area contributed by atoms with Crippen molar-refractivity contribution < 1.29 is 4.92 Å². The van der Waals surface area contributed by atoms with Gasteiger partial charge in [-0.25, -0.2) is 0 Å². The van der Waals surface area contributed by atoms with Gasteiger partial charge in [0.25, 0.3) is 5.69 Å². The zero-order chi connectivity index (χ0) is 11.0. The van der Waals surface area contributed by atoms with Crippen molar-refractivity contribution in [3.63, 3.8) is 0 Å². The fourth-order valence-electron chi connectivity index (χ4n) is 1.80. The van der Waals surface area contributed by atoms with Gasteiger partial charge in [-0.1, -0.05) is 0 Å². The van der Waals surface area contributed by atoms with Gasteiger partial charge in [0.2, 0.25) is 0 Å². The molecule has 5 heteroatoms. The molecular formula is C10H11BrN2O2. The summed E-state index contributed by atoms with van der Waals surface area (Å²) in [7, 11) is 0. The highest BCUT2D eigenvalue weighted by atomic mass is 79.9. The zero-order valence-electron chi connectivity index (χ0n) is 8.29. The molecule has 1 heterocycles. The molecule has 1 unspecified atom stereocenters. The van der Waals surface area contributed by atoms with E-state index in [1.807, 2.05) is 0 Å². The Balaban J connectivity index is 2.48. The van der Waals surface area contributed by atoms with E-state index < -0.39 is 0 Å². The van der Waals surface area contributed by atoms with Crippen molar-refractivity contribution in [2.45, 2.75) is 25.8 Å². The van der Waals surface area contributed by atoms with Crippen molar-refractivity contribution in [1.29, 1.82) is 0 Å². The van der Waals surface area contributed by atoms with Crippen LogP contribution in [-0.4, -0.2) is 11.0 Å². The molecule has 15 heavy (non-hydrogen) atoms. The second-order valence-electron chi connectivity index (χ2n) is 3.80. The third-order valence-corrected chi connectivity index (χ3v) is 3.23. The first kappa shape index (κ1) is 10.4. The Morgan fingerprint density at radius 2 is 2.33 bits per heavy atom. The molecule has 0 aromatic heterocycles. The first-order valence-corrected chi connectivity index (χ1v) is 5.60. The predicted octanol–water partition coefficient (Wildman–Crippen LogP) is 3.10. The molecule has 4 nitrogen and oxygen atoms in total. The summed E-state index contributed by atoms with van der Waals surface area (Å²) in [5.74, 6) is 0. The minimum Gasteiger partial charge on any atom is -0.381 e. The van der Waals surface area contributed by atoms with Crippen LogP contribution >= 0.6 is 15.9 Å². The van der Waals surface area contributed by atoms with E-state index in [1.165, 1.54) is 0 Å². The van der Waals surface area contributed by atoms with E-state index in [0.29, 0.717) is 6.04 Å². The number of aryl methyl sites for hydroxylation is 1. The summed E-state index contributed by atoms with van der Waals surface area (Å²) in [4.78, 5) is 10.3. The molecular weight excluding hydrogens is 260 g/mol. The summed E-state index contributed by atoms with van der Waals surface area (Å²) in [6.45, 7) is 2.11. The monoisotopic (exact) mass is 270 g/mol. The van der Waals surface area contributed by atoms with E-state index in [9.17, 15) is 10.1 Å². The van der Waals surface area contributed by atoms with Crippen molar-refractivity contribution in [2.75, 3.05) is 5.32 Å². The number of anilines is 1. The van der Waals surface area contributed by atoms with Gasteiger partial charge in [0, 0.05) is 22.6 Å².